The molecule has 2 heterocycles. The number of nitrogens with two attached hydrogens (primary N) is 1. The van der Waals surface area contributed by atoms with Crippen LogP contribution in [0.5, 0.6) is 0 Å². The van der Waals surface area contributed by atoms with Crippen LogP contribution < -0.4 is 16.6 Å². The van der Waals surface area contributed by atoms with E-state index in [1.54, 1.807) is 0 Å². The highest BCUT2D eigenvalue weighted by Gasteiger charge is 2.23. The van der Waals surface area contributed by atoms with Gasteiger partial charge in [0.2, 0.25) is 11.7 Å². The first-order valence-corrected chi connectivity index (χ1v) is 4.92. The summed E-state index contributed by atoms with van der Waals surface area (Å²) >= 11 is 0. The van der Waals surface area contributed by atoms with Crippen molar-refractivity contribution in [2.75, 3.05) is 17.6 Å². The molecule has 1 aliphatic rings. The molecule has 0 fully saturated rings. The maximum Gasteiger partial charge on any atom is 0.280 e. The molecule has 5 N–H and O–H groups in total. The number of aliphatic hydroxyl groups excluding tert-OH is 1. The number of H-pyrrole nitrogens is 1. The van der Waals surface area contributed by atoms with Gasteiger partial charge >= 0.3 is 0 Å². The third kappa shape index (κ3) is 2.02. The van der Waals surface area contributed by atoms with Gasteiger partial charge in [-0.05, 0) is 6.92 Å². The van der Waals surface area contributed by atoms with Gasteiger partial charge in [0.1, 0.15) is 11.8 Å². The molecule has 0 saturated heterocycles. The Morgan fingerprint density at radius 1 is 1.59 bits per heavy atom. The van der Waals surface area contributed by atoms with Crippen molar-refractivity contribution < 1.29 is 9.90 Å². The van der Waals surface area contributed by atoms with Crippen LogP contribution in [0, 0.1) is 0 Å². The zero-order chi connectivity index (χ0) is 12.6. The number of carbonyl (C=O) groups excluding carboxylic acids is 1. The van der Waals surface area contributed by atoms with Crippen LogP contribution in [-0.2, 0) is 4.79 Å². The normalized spacial score (nSPS) is 15.5. The Bertz CT molecular complexity index is 560. The minimum Gasteiger partial charge on any atom is -0.385 e. The van der Waals surface area contributed by atoms with E-state index in [0.717, 1.165) is 0 Å². The zero-order valence-corrected chi connectivity index (χ0v) is 9.02. The average Bonchev–Trinajstić information content (AvgIpc) is 2.27. The number of nitrogens with zero attached hydrogens (tertiary/aromatic N) is 2. The van der Waals surface area contributed by atoms with Gasteiger partial charge in [-0.15, -0.1) is 0 Å². The van der Waals surface area contributed by atoms with Gasteiger partial charge in [0.05, 0.1) is 6.54 Å². The molecule has 0 radical (unpaired) electrons. The van der Waals surface area contributed by atoms with Crippen LogP contribution in [0.2, 0.25) is 0 Å². The highest BCUT2D eigenvalue weighted by atomic mass is 16.3. The monoisotopic (exact) mass is 237 g/mol. The summed E-state index contributed by atoms with van der Waals surface area (Å²) in [5, 5.41) is 11.9. The van der Waals surface area contributed by atoms with E-state index in [-0.39, 0.29) is 29.7 Å². The molecule has 0 bridgehead atoms. The standard InChI is InChI=1S/C9H11N5O3/c1-3(15)6(16)4-2-11-7-5(12-4)8(17)14-9(10)13-7/h3,15H,2H2,1H3,(H4,10,11,13,14,17)/t3-/m1/s1. The van der Waals surface area contributed by atoms with E-state index >= 15 is 0 Å². The van der Waals surface area contributed by atoms with E-state index in [1.807, 2.05) is 0 Å². The number of ketones is 1. The number of aliphatic imine (C=N–C) groups is 1. The summed E-state index contributed by atoms with van der Waals surface area (Å²) in [6.45, 7) is 1.44. The molecule has 17 heavy (non-hydrogen) atoms. The smallest absolute Gasteiger partial charge is 0.280 e. The molecule has 1 aromatic heterocycles. The number of rotatable bonds is 2. The number of hydrogen-bond donors (Lipinski definition) is 4. The quantitative estimate of drug-likeness (QED) is 0.510. The fraction of sp³-hybridized carbons (Fsp3) is 0.333. The van der Waals surface area contributed by atoms with Gasteiger partial charge in [0.15, 0.2) is 11.5 Å². The minimum absolute atomic E-state index is 0.00514. The second-order valence-electron chi connectivity index (χ2n) is 3.60. The maximum absolute atomic E-state index is 11.5. The molecule has 0 unspecified atom stereocenters. The van der Waals surface area contributed by atoms with E-state index < -0.39 is 17.4 Å². The van der Waals surface area contributed by atoms with E-state index in [2.05, 4.69) is 20.3 Å². The number of aliphatic hydroxyl groups is 1. The van der Waals surface area contributed by atoms with Crippen molar-refractivity contribution in [3.8, 4) is 0 Å². The first kappa shape index (κ1) is 11.3. The minimum atomic E-state index is -1.15. The summed E-state index contributed by atoms with van der Waals surface area (Å²) in [5.41, 5.74) is 4.91. The van der Waals surface area contributed by atoms with Crippen molar-refractivity contribution in [2.45, 2.75) is 13.0 Å². The lowest BCUT2D eigenvalue weighted by Gasteiger charge is -2.16. The summed E-state index contributed by atoms with van der Waals surface area (Å²) in [4.78, 5) is 33.0. The molecule has 90 valence electrons. The highest BCUT2D eigenvalue weighted by Crippen LogP contribution is 2.21. The molecular formula is C9H11N5O3. The predicted octanol–water partition coefficient (Wildman–Crippen LogP) is -1.20. The number of fused-ring (bicyclic) bond motifs is 1. The van der Waals surface area contributed by atoms with Crippen molar-refractivity contribution in [3.63, 3.8) is 0 Å². The summed E-state index contributed by atoms with van der Waals surface area (Å²) in [5.74, 6) is -0.325. The van der Waals surface area contributed by atoms with Crippen molar-refractivity contribution >= 4 is 28.9 Å². The molecule has 1 aromatic rings. The number of carbonyl (C=O) groups is 1. The lowest BCUT2D eigenvalue weighted by Crippen LogP contribution is -2.34. The fourth-order valence-electron chi connectivity index (χ4n) is 1.44. The predicted molar refractivity (Wildman–Crippen MR) is 61.5 cm³/mol. The molecule has 1 aliphatic heterocycles. The van der Waals surface area contributed by atoms with Gasteiger partial charge < -0.3 is 16.2 Å². The van der Waals surface area contributed by atoms with Crippen LogP contribution in [0.15, 0.2) is 9.79 Å². The zero-order valence-electron chi connectivity index (χ0n) is 9.02. The van der Waals surface area contributed by atoms with Crippen molar-refractivity contribution in [1.29, 1.82) is 0 Å². The maximum atomic E-state index is 11.5. The molecule has 1 atom stereocenters. The molecule has 0 aromatic carbocycles. The van der Waals surface area contributed by atoms with Gasteiger partial charge in [-0.25, -0.2) is 4.99 Å². The van der Waals surface area contributed by atoms with Crippen LogP contribution in [0.3, 0.4) is 0 Å². The summed E-state index contributed by atoms with van der Waals surface area (Å²) in [7, 11) is 0. The third-order valence-electron chi connectivity index (χ3n) is 2.25. The van der Waals surface area contributed by atoms with Crippen LogP contribution in [-0.4, -0.2) is 39.2 Å². The number of aromatic amines is 1. The number of nitrogen functional groups attached to an aromatic ring is 1. The van der Waals surface area contributed by atoms with Gasteiger partial charge in [0.25, 0.3) is 5.56 Å². The SMILES string of the molecule is C[C@@H](O)C(=O)C1=Nc2c(nc(N)[nH]c2=O)NC1. The summed E-state index contributed by atoms with van der Waals surface area (Å²) in [6, 6.07) is 0. The Morgan fingerprint density at radius 2 is 2.29 bits per heavy atom. The lowest BCUT2D eigenvalue weighted by atomic mass is 10.1. The number of Topliss-reactive ketones (excluding diaryl/α,β-unsaturated/α-hetero) is 1. The second-order valence-corrected chi connectivity index (χ2v) is 3.60. The number of aromatic nitrogens is 2. The Morgan fingerprint density at radius 3 is 2.94 bits per heavy atom. The molecule has 2 rings (SSSR count). The Labute approximate surface area is 95.6 Å². The average molecular weight is 237 g/mol. The number of anilines is 2. The van der Waals surface area contributed by atoms with E-state index in [1.165, 1.54) is 6.92 Å². The largest absolute Gasteiger partial charge is 0.385 e. The molecular weight excluding hydrogens is 226 g/mol. The summed E-state index contributed by atoms with van der Waals surface area (Å²) in [6.07, 6.45) is -1.15. The van der Waals surface area contributed by atoms with E-state index in [9.17, 15) is 9.59 Å². The van der Waals surface area contributed by atoms with Crippen LogP contribution in [0.25, 0.3) is 0 Å². The van der Waals surface area contributed by atoms with E-state index in [0.29, 0.717) is 0 Å². The van der Waals surface area contributed by atoms with Gasteiger partial charge in [-0.3, -0.25) is 14.6 Å². The lowest BCUT2D eigenvalue weighted by molar-refractivity contribution is -0.119. The highest BCUT2D eigenvalue weighted by molar-refractivity contribution is 6.43. The van der Waals surface area contributed by atoms with Crippen molar-refractivity contribution in [3.05, 3.63) is 10.4 Å². The first-order chi connectivity index (χ1) is 7.99. The Kier molecular flexibility index (Phi) is 2.64. The molecule has 8 heteroatoms. The molecule has 0 amide bonds. The summed E-state index contributed by atoms with van der Waals surface area (Å²) < 4.78 is 0. The first-order valence-electron chi connectivity index (χ1n) is 4.92. The third-order valence-corrected chi connectivity index (χ3v) is 2.25. The molecule has 8 nitrogen and oxygen atoms in total. The van der Waals surface area contributed by atoms with Crippen molar-refractivity contribution in [2.24, 2.45) is 4.99 Å². The van der Waals surface area contributed by atoms with Crippen molar-refractivity contribution in [1.82, 2.24) is 9.97 Å². The number of hydrogen-bond acceptors (Lipinski definition) is 7. The number of nitrogens with one attached hydrogen (secondary N) is 2. The van der Waals surface area contributed by atoms with Crippen LogP contribution in [0.1, 0.15) is 6.92 Å². The van der Waals surface area contributed by atoms with E-state index in [4.69, 9.17) is 10.8 Å². The molecule has 0 spiro atoms. The molecule has 0 aliphatic carbocycles. The van der Waals surface area contributed by atoms with Crippen LogP contribution in [0.4, 0.5) is 17.5 Å². The Balaban J connectivity index is 2.48. The van der Waals surface area contributed by atoms with Gasteiger partial charge in [-0.2, -0.15) is 4.98 Å². The van der Waals surface area contributed by atoms with Crippen LogP contribution >= 0.6 is 0 Å². The topological polar surface area (TPSA) is 133 Å². The van der Waals surface area contributed by atoms with Gasteiger partial charge in [-0.1, -0.05) is 0 Å². The molecule has 0 saturated carbocycles. The van der Waals surface area contributed by atoms with Gasteiger partial charge in [0, 0.05) is 0 Å². The second kappa shape index (κ2) is 3.98. The Hall–Kier alpha value is -2.22. The fourth-order valence-corrected chi connectivity index (χ4v) is 1.44.